The molecule has 0 saturated carbocycles. The lowest BCUT2D eigenvalue weighted by Crippen LogP contribution is -2.13. The van der Waals surface area contributed by atoms with Crippen molar-refractivity contribution in [2.45, 2.75) is 20.3 Å². The van der Waals surface area contributed by atoms with Crippen LogP contribution >= 0.6 is 22.9 Å². The quantitative estimate of drug-likeness (QED) is 0.849. The van der Waals surface area contributed by atoms with E-state index in [1.165, 1.54) is 23.5 Å². The van der Waals surface area contributed by atoms with Crippen molar-refractivity contribution in [2.75, 3.05) is 5.32 Å². The van der Waals surface area contributed by atoms with Crippen LogP contribution in [0.15, 0.2) is 18.3 Å². The number of thiazole rings is 1. The Hall–Kier alpha value is -1.66. The first-order valence-corrected chi connectivity index (χ1v) is 7.26. The molecule has 2 N–H and O–H groups in total. The van der Waals surface area contributed by atoms with Crippen molar-refractivity contribution in [2.24, 2.45) is 5.92 Å². The third-order valence-electron chi connectivity index (χ3n) is 2.45. The maximum absolute atomic E-state index is 12.0. The predicted octanol–water partition coefficient (Wildman–Crippen LogP) is 3.35. The lowest BCUT2D eigenvalue weighted by atomic mass is 10.1. The van der Waals surface area contributed by atoms with Crippen molar-refractivity contribution in [1.82, 2.24) is 9.97 Å². The SMILES string of the molecule is CC(C)Cc1cnc(NC(=O)c2ccc(O)c(Cl)n2)s1. The largest absolute Gasteiger partial charge is 0.505 e. The molecule has 5 nitrogen and oxygen atoms in total. The van der Waals surface area contributed by atoms with Gasteiger partial charge in [-0.25, -0.2) is 9.97 Å². The average molecular weight is 312 g/mol. The third kappa shape index (κ3) is 3.68. The topological polar surface area (TPSA) is 75.1 Å². The fourth-order valence-corrected chi connectivity index (χ4v) is 2.75. The Balaban J connectivity index is 2.07. The molecule has 0 radical (unpaired) electrons. The Morgan fingerprint density at radius 2 is 2.25 bits per heavy atom. The average Bonchev–Trinajstić information content (AvgIpc) is 2.79. The first-order chi connectivity index (χ1) is 9.45. The molecule has 20 heavy (non-hydrogen) atoms. The molecule has 0 atom stereocenters. The van der Waals surface area contributed by atoms with Crippen LogP contribution in [-0.4, -0.2) is 21.0 Å². The smallest absolute Gasteiger partial charge is 0.276 e. The van der Waals surface area contributed by atoms with E-state index in [4.69, 9.17) is 11.6 Å². The van der Waals surface area contributed by atoms with E-state index in [9.17, 15) is 9.90 Å². The molecule has 0 aliphatic rings. The highest BCUT2D eigenvalue weighted by atomic mass is 35.5. The van der Waals surface area contributed by atoms with Gasteiger partial charge in [0.25, 0.3) is 5.91 Å². The number of anilines is 1. The van der Waals surface area contributed by atoms with Crippen molar-refractivity contribution in [3.63, 3.8) is 0 Å². The van der Waals surface area contributed by atoms with Crippen LogP contribution in [0.3, 0.4) is 0 Å². The highest BCUT2D eigenvalue weighted by Crippen LogP contribution is 2.23. The maximum atomic E-state index is 12.0. The summed E-state index contributed by atoms with van der Waals surface area (Å²) >= 11 is 7.11. The first kappa shape index (κ1) is 14.7. The van der Waals surface area contributed by atoms with Crippen molar-refractivity contribution in [3.05, 3.63) is 34.1 Å². The van der Waals surface area contributed by atoms with Gasteiger partial charge >= 0.3 is 0 Å². The van der Waals surface area contributed by atoms with Gasteiger partial charge in [-0.2, -0.15) is 0 Å². The van der Waals surface area contributed by atoms with E-state index in [1.54, 1.807) is 6.20 Å². The van der Waals surface area contributed by atoms with Gasteiger partial charge in [-0.3, -0.25) is 10.1 Å². The zero-order valence-electron chi connectivity index (χ0n) is 11.1. The predicted molar refractivity (Wildman–Crippen MR) is 79.5 cm³/mol. The molecule has 106 valence electrons. The Morgan fingerprint density at radius 3 is 2.90 bits per heavy atom. The molecule has 2 rings (SSSR count). The highest BCUT2D eigenvalue weighted by molar-refractivity contribution is 7.15. The number of hydrogen-bond donors (Lipinski definition) is 2. The minimum absolute atomic E-state index is 0.0997. The van der Waals surface area contributed by atoms with E-state index in [0.717, 1.165) is 11.3 Å². The molecule has 0 aromatic carbocycles. The fraction of sp³-hybridized carbons (Fsp3) is 0.308. The lowest BCUT2D eigenvalue weighted by Gasteiger charge is -2.02. The summed E-state index contributed by atoms with van der Waals surface area (Å²) in [6.45, 7) is 4.25. The zero-order chi connectivity index (χ0) is 14.7. The monoisotopic (exact) mass is 311 g/mol. The van der Waals surface area contributed by atoms with Crippen molar-refractivity contribution < 1.29 is 9.90 Å². The molecule has 2 aromatic heterocycles. The molecule has 0 aliphatic carbocycles. The number of carbonyl (C=O) groups excluding carboxylic acids is 1. The van der Waals surface area contributed by atoms with Crippen LogP contribution in [0.5, 0.6) is 5.75 Å². The molecular weight excluding hydrogens is 298 g/mol. The van der Waals surface area contributed by atoms with Crippen LogP contribution < -0.4 is 5.32 Å². The number of amides is 1. The van der Waals surface area contributed by atoms with Crippen LogP contribution in [0.2, 0.25) is 5.15 Å². The number of aromatic hydroxyl groups is 1. The van der Waals surface area contributed by atoms with E-state index in [-0.39, 0.29) is 16.6 Å². The van der Waals surface area contributed by atoms with Gasteiger partial charge in [0.15, 0.2) is 16.0 Å². The number of nitrogens with zero attached hydrogens (tertiary/aromatic N) is 2. The van der Waals surface area contributed by atoms with E-state index in [0.29, 0.717) is 11.0 Å². The minimum atomic E-state index is -0.405. The van der Waals surface area contributed by atoms with Gasteiger partial charge in [0.2, 0.25) is 0 Å². The minimum Gasteiger partial charge on any atom is -0.505 e. The number of aromatic nitrogens is 2. The van der Waals surface area contributed by atoms with Gasteiger partial charge in [0.1, 0.15) is 5.69 Å². The molecule has 2 aromatic rings. The van der Waals surface area contributed by atoms with Crippen LogP contribution in [0.25, 0.3) is 0 Å². The summed E-state index contributed by atoms with van der Waals surface area (Å²) in [4.78, 5) is 21.0. The molecule has 0 fully saturated rings. The number of carbonyl (C=O) groups is 1. The normalized spacial score (nSPS) is 10.8. The van der Waals surface area contributed by atoms with E-state index in [1.807, 2.05) is 0 Å². The van der Waals surface area contributed by atoms with Crippen LogP contribution in [0, 0.1) is 5.92 Å². The molecule has 0 unspecified atom stereocenters. The number of pyridine rings is 1. The summed E-state index contributed by atoms with van der Waals surface area (Å²) in [5, 5.41) is 12.4. The van der Waals surface area contributed by atoms with Crippen molar-refractivity contribution in [1.29, 1.82) is 0 Å². The number of nitrogens with one attached hydrogen (secondary N) is 1. The Labute approximate surface area is 125 Å². The molecule has 2 heterocycles. The molecule has 0 bridgehead atoms. The third-order valence-corrected chi connectivity index (χ3v) is 3.66. The summed E-state index contributed by atoms with van der Waals surface area (Å²) in [6.07, 6.45) is 2.69. The van der Waals surface area contributed by atoms with E-state index < -0.39 is 5.91 Å². The zero-order valence-corrected chi connectivity index (χ0v) is 12.6. The van der Waals surface area contributed by atoms with Gasteiger partial charge in [0.05, 0.1) is 0 Å². The molecule has 7 heteroatoms. The summed E-state index contributed by atoms with van der Waals surface area (Å²) in [5.74, 6) is -0.0226. The molecule has 0 spiro atoms. The summed E-state index contributed by atoms with van der Waals surface area (Å²) < 4.78 is 0. The summed E-state index contributed by atoms with van der Waals surface area (Å²) in [7, 11) is 0. The summed E-state index contributed by atoms with van der Waals surface area (Å²) in [5.41, 5.74) is 0.133. The lowest BCUT2D eigenvalue weighted by molar-refractivity contribution is 0.102. The van der Waals surface area contributed by atoms with Gasteiger partial charge < -0.3 is 5.11 Å². The second-order valence-corrected chi connectivity index (χ2v) is 6.16. The Morgan fingerprint density at radius 1 is 1.50 bits per heavy atom. The van der Waals surface area contributed by atoms with Crippen molar-refractivity contribution in [3.8, 4) is 5.75 Å². The van der Waals surface area contributed by atoms with Gasteiger partial charge in [0, 0.05) is 11.1 Å². The maximum Gasteiger partial charge on any atom is 0.276 e. The second-order valence-electron chi connectivity index (χ2n) is 4.69. The molecular formula is C13H14ClN3O2S. The summed E-state index contributed by atoms with van der Waals surface area (Å²) in [6, 6.07) is 2.73. The van der Waals surface area contributed by atoms with Gasteiger partial charge in [-0.1, -0.05) is 25.4 Å². The van der Waals surface area contributed by atoms with Crippen molar-refractivity contribution >= 4 is 34.0 Å². The second kappa shape index (κ2) is 6.19. The Kier molecular flexibility index (Phi) is 4.57. The van der Waals surface area contributed by atoms with E-state index >= 15 is 0 Å². The molecule has 0 saturated heterocycles. The fourth-order valence-electron chi connectivity index (χ4n) is 1.58. The van der Waals surface area contributed by atoms with Crippen LogP contribution in [0.4, 0.5) is 5.13 Å². The first-order valence-electron chi connectivity index (χ1n) is 6.07. The Bertz CT molecular complexity index is 628. The molecule has 1 amide bonds. The van der Waals surface area contributed by atoms with E-state index in [2.05, 4.69) is 29.1 Å². The van der Waals surface area contributed by atoms with Crippen LogP contribution in [0.1, 0.15) is 29.2 Å². The van der Waals surface area contributed by atoms with Crippen LogP contribution in [-0.2, 0) is 6.42 Å². The molecule has 0 aliphatic heterocycles. The van der Waals surface area contributed by atoms with Gasteiger partial charge in [-0.15, -0.1) is 11.3 Å². The number of hydrogen-bond acceptors (Lipinski definition) is 5. The number of halogens is 1. The number of rotatable bonds is 4. The highest BCUT2D eigenvalue weighted by Gasteiger charge is 2.12. The van der Waals surface area contributed by atoms with Gasteiger partial charge in [-0.05, 0) is 24.5 Å². The standard InChI is InChI=1S/C13H14ClN3O2S/c1-7(2)5-8-6-15-13(20-8)17-12(19)9-3-4-10(18)11(14)16-9/h3-4,6-7,18H,5H2,1-2H3,(H,15,17,19).